The summed E-state index contributed by atoms with van der Waals surface area (Å²) in [7, 11) is 3.09. The zero-order chi connectivity index (χ0) is 22.6. The lowest BCUT2D eigenvalue weighted by Gasteiger charge is -2.22. The predicted octanol–water partition coefficient (Wildman–Crippen LogP) is 3.99. The highest BCUT2D eigenvalue weighted by atomic mass is 16.5. The molecule has 0 bridgehead atoms. The summed E-state index contributed by atoms with van der Waals surface area (Å²) in [5.41, 5.74) is 1.53. The summed E-state index contributed by atoms with van der Waals surface area (Å²) in [5.74, 6) is 0.982. The molecule has 0 spiro atoms. The minimum atomic E-state index is -0.306. The number of para-hydroxylation sites is 2. The molecule has 7 nitrogen and oxygen atoms in total. The van der Waals surface area contributed by atoms with Gasteiger partial charge in [-0.3, -0.25) is 9.59 Å². The number of benzene rings is 2. The number of rotatable bonds is 11. The van der Waals surface area contributed by atoms with E-state index in [4.69, 9.17) is 14.2 Å². The van der Waals surface area contributed by atoms with Gasteiger partial charge in [0, 0.05) is 6.54 Å². The van der Waals surface area contributed by atoms with Crippen molar-refractivity contribution in [2.24, 2.45) is 0 Å². The van der Waals surface area contributed by atoms with Gasteiger partial charge in [-0.05, 0) is 43.2 Å². The fourth-order valence-electron chi connectivity index (χ4n) is 3.00. The first-order chi connectivity index (χ1) is 15.0. The first kappa shape index (κ1) is 23.8. The zero-order valence-electron chi connectivity index (χ0n) is 18.5. The second-order valence-electron chi connectivity index (χ2n) is 6.76. The third-order valence-corrected chi connectivity index (χ3v) is 4.46. The van der Waals surface area contributed by atoms with Gasteiger partial charge < -0.3 is 24.4 Å². The highest BCUT2D eigenvalue weighted by Crippen LogP contribution is 2.28. The van der Waals surface area contributed by atoms with Crippen LogP contribution in [0, 0.1) is 0 Å². The van der Waals surface area contributed by atoms with Crippen molar-refractivity contribution in [3.63, 3.8) is 0 Å². The molecule has 0 aromatic heterocycles. The Balaban J connectivity index is 2.01. The van der Waals surface area contributed by atoms with Crippen LogP contribution >= 0.6 is 0 Å². The van der Waals surface area contributed by atoms with Gasteiger partial charge in [-0.25, -0.2) is 0 Å². The van der Waals surface area contributed by atoms with Crippen LogP contribution in [0.4, 0.5) is 5.69 Å². The molecule has 0 aliphatic rings. The van der Waals surface area contributed by atoms with Gasteiger partial charge in [-0.1, -0.05) is 37.3 Å². The molecule has 0 aliphatic heterocycles. The Morgan fingerprint density at radius 1 is 1.03 bits per heavy atom. The maximum absolute atomic E-state index is 12.7. The molecule has 2 aromatic carbocycles. The van der Waals surface area contributed by atoms with Crippen LogP contribution in [0.1, 0.15) is 25.8 Å². The number of carbonyl (C=O) groups is 2. The number of anilines is 1. The van der Waals surface area contributed by atoms with E-state index in [0.29, 0.717) is 29.5 Å². The van der Waals surface area contributed by atoms with Crippen LogP contribution in [0.5, 0.6) is 17.2 Å². The number of amides is 2. The number of hydrogen-bond donors (Lipinski definition) is 1. The van der Waals surface area contributed by atoms with Crippen molar-refractivity contribution < 1.29 is 23.8 Å². The maximum atomic E-state index is 12.7. The van der Waals surface area contributed by atoms with Crippen molar-refractivity contribution in [1.82, 2.24) is 4.90 Å². The number of allylic oxidation sites excluding steroid dienone is 1. The minimum Gasteiger partial charge on any atom is -0.495 e. The molecule has 2 amide bonds. The van der Waals surface area contributed by atoms with E-state index >= 15 is 0 Å². The first-order valence-electron chi connectivity index (χ1n) is 10.2. The third-order valence-electron chi connectivity index (χ3n) is 4.46. The van der Waals surface area contributed by atoms with Crippen LogP contribution in [-0.4, -0.2) is 50.6 Å². The van der Waals surface area contributed by atoms with Crippen LogP contribution in [0.2, 0.25) is 0 Å². The number of hydrogen-bond acceptors (Lipinski definition) is 5. The van der Waals surface area contributed by atoms with Crippen molar-refractivity contribution >= 4 is 23.6 Å². The largest absolute Gasteiger partial charge is 0.495 e. The molecule has 166 valence electrons. The smallest absolute Gasteiger partial charge is 0.260 e. The maximum Gasteiger partial charge on any atom is 0.260 e. The highest BCUT2D eigenvalue weighted by Gasteiger charge is 2.19. The Kier molecular flexibility index (Phi) is 9.42. The monoisotopic (exact) mass is 426 g/mol. The molecule has 2 rings (SSSR count). The zero-order valence-corrected chi connectivity index (χ0v) is 18.5. The van der Waals surface area contributed by atoms with Gasteiger partial charge in [0.25, 0.3) is 5.91 Å². The molecular weight excluding hydrogens is 396 g/mol. The lowest BCUT2D eigenvalue weighted by Crippen LogP contribution is -2.41. The quantitative estimate of drug-likeness (QED) is 0.588. The van der Waals surface area contributed by atoms with E-state index in [1.807, 2.05) is 44.2 Å². The summed E-state index contributed by atoms with van der Waals surface area (Å²) in [6.45, 7) is 4.05. The van der Waals surface area contributed by atoms with Crippen LogP contribution in [0.3, 0.4) is 0 Å². The van der Waals surface area contributed by atoms with Crippen molar-refractivity contribution in [1.29, 1.82) is 0 Å². The molecular formula is C24H30N2O5. The molecule has 0 heterocycles. The van der Waals surface area contributed by atoms with Crippen molar-refractivity contribution in [3.05, 3.63) is 54.1 Å². The fourth-order valence-corrected chi connectivity index (χ4v) is 3.00. The minimum absolute atomic E-state index is 0.0779. The molecule has 0 saturated carbocycles. The Labute approximate surface area is 183 Å². The van der Waals surface area contributed by atoms with E-state index in [1.54, 1.807) is 31.4 Å². The third kappa shape index (κ3) is 7.06. The van der Waals surface area contributed by atoms with Crippen LogP contribution in [0.15, 0.2) is 48.5 Å². The average molecular weight is 427 g/mol. The number of carbonyl (C=O) groups excluding carboxylic acids is 2. The van der Waals surface area contributed by atoms with Crippen LogP contribution < -0.4 is 19.5 Å². The summed E-state index contributed by atoms with van der Waals surface area (Å²) in [4.78, 5) is 26.7. The number of nitrogens with zero attached hydrogens (tertiary/aromatic N) is 1. The van der Waals surface area contributed by atoms with Crippen LogP contribution in [0.25, 0.3) is 6.08 Å². The summed E-state index contributed by atoms with van der Waals surface area (Å²) in [6, 6.07) is 12.6. The normalized spacial score (nSPS) is 10.6. The van der Waals surface area contributed by atoms with Crippen molar-refractivity contribution in [3.8, 4) is 17.2 Å². The molecule has 7 heteroatoms. The predicted molar refractivity (Wildman–Crippen MR) is 122 cm³/mol. The standard InChI is InChI=1S/C24H30N2O5/c1-5-9-18-12-13-21(22(15-18)30-4)31-17-24(28)26(14-6-2)16-23(27)25-19-10-7-8-11-20(19)29-3/h5,7-13,15H,6,14,16-17H2,1-4H3,(H,25,27)/b9-5+. The number of methoxy groups -OCH3 is 2. The van der Waals surface area contributed by atoms with Gasteiger partial charge in [0.2, 0.25) is 5.91 Å². The summed E-state index contributed by atoms with van der Waals surface area (Å²) < 4.78 is 16.3. The molecule has 0 unspecified atom stereocenters. The van der Waals surface area contributed by atoms with Gasteiger partial charge in [-0.2, -0.15) is 0 Å². The second-order valence-corrected chi connectivity index (χ2v) is 6.76. The number of ether oxygens (including phenoxy) is 3. The SMILES string of the molecule is C/C=C/c1ccc(OCC(=O)N(CCC)CC(=O)Nc2ccccc2OC)c(OC)c1. The van der Waals surface area contributed by atoms with E-state index in [9.17, 15) is 9.59 Å². The second kappa shape index (κ2) is 12.3. The lowest BCUT2D eigenvalue weighted by atomic mass is 10.2. The molecule has 2 aromatic rings. The number of nitrogens with one attached hydrogen (secondary N) is 1. The van der Waals surface area contributed by atoms with Gasteiger partial charge in [0.1, 0.15) is 5.75 Å². The first-order valence-corrected chi connectivity index (χ1v) is 10.2. The van der Waals surface area contributed by atoms with E-state index in [-0.39, 0.29) is 25.0 Å². The Morgan fingerprint density at radius 2 is 1.77 bits per heavy atom. The molecule has 0 atom stereocenters. The molecule has 1 N–H and O–H groups in total. The van der Waals surface area contributed by atoms with Crippen molar-refractivity contribution in [2.75, 3.05) is 39.2 Å². The summed E-state index contributed by atoms with van der Waals surface area (Å²) in [6.07, 6.45) is 4.59. The Bertz CT molecular complexity index is 911. The Morgan fingerprint density at radius 3 is 2.45 bits per heavy atom. The van der Waals surface area contributed by atoms with E-state index < -0.39 is 0 Å². The molecule has 0 fully saturated rings. The van der Waals surface area contributed by atoms with E-state index in [0.717, 1.165) is 12.0 Å². The van der Waals surface area contributed by atoms with Crippen LogP contribution in [-0.2, 0) is 9.59 Å². The summed E-state index contributed by atoms with van der Waals surface area (Å²) >= 11 is 0. The topological polar surface area (TPSA) is 77.1 Å². The van der Waals surface area contributed by atoms with Gasteiger partial charge >= 0.3 is 0 Å². The van der Waals surface area contributed by atoms with Gasteiger partial charge in [0.05, 0.1) is 26.5 Å². The molecule has 0 aliphatic carbocycles. The average Bonchev–Trinajstić information content (AvgIpc) is 2.78. The highest BCUT2D eigenvalue weighted by molar-refractivity contribution is 5.95. The lowest BCUT2D eigenvalue weighted by molar-refractivity contribution is -0.136. The van der Waals surface area contributed by atoms with Crippen molar-refractivity contribution in [2.45, 2.75) is 20.3 Å². The fraction of sp³-hybridized carbons (Fsp3) is 0.333. The summed E-state index contributed by atoms with van der Waals surface area (Å²) in [5, 5.41) is 2.79. The van der Waals surface area contributed by atoms with Gasteiger partial charge in [-0.15, -0.1) is 0 Å². The van der Waals surface area contributed by atoms with E-state index in [2.05, 4.69) is 5.32 Å². The van der Waals surface area contributed by atoms with Gasteiger partial charge in [0.15, 0.2) is 18.1 Å². The molecule has 31 heavy (non-hydrogen) atoms. The molecule has 0 saturated heterocycles. The van der Waals surface area contributed by atoms with E-state index in [1.165, 1.54) is 12.0 Å². The molecule has 0 radical (unpaired) electrons. The Hall–Kier alpha value is -3.48.